The molecule has 1 aliphatic carbocycles. The van der Waals surface area contributed by atoms with Crippen molar-refractivity contribution in [2.75, 3.05) is 25.0 Å². The average molecular weight is 262 g/mol. The molecule has 0 bridgehead atoms. The summed E-state index contributed by atoms with van der Waals surface area (Å²) in [4.78, 5) is 14.1. The summed E-state index contributed by atoms with van der Waals surface area (Å²) < 4.78 is 0. The van der Waals surface area contributed by atoms with Crippen LogP contribution in [0.3, 0.4) is 0 Å². The zero-order chi connectivity index (χ0) is 13.5. The number of nitrogens with one attached hydrogen (secondary N) is 1. The van der Waals surface area contributed by atoms with Crippen LogP contribution in [-0.2, 0) is 4.79 Å². The molecule has 1 aliphatic rings. The average Bonchev–Trinajstić information content (AvgIpc) is 2.35. The molecule has 1 fully saturated rings. The second kappa shape index (κ2) is 7.26. The van der Waals surface area contributed by atoms with Crippen molar-refractivity contribution in [3.63, 3.8) is 0 Å². The number of benzene rings is 1. The Bertz CT molecular complexity index is 390. The monoisotopic (exact) mass is 262 g/mol. The fourth-order valence-electron chi connectivity index (χ4n) is 2.35. The smallest absolute Gasteiger partial charge is 0.225 e. The highest BCUT2D eigenvalue weighted by molar-refractivity contribution is 5.90. The molecule has 4 heteroatoms. The Labute approximate surface area is 114 Å². The quantitative estimate of drug-likeness (QED) is 0.788. The van der Waals surface area contributed by atoms with Crippen LogP contribution in [0.1, 0.15) is 25.7 Å². The molecule has 2 N–H and O–H groups in total. The van der Waals surface area contributed by atoms with Gasteiger partial charge in [-0.15, -0.1) is 0 Å². The molecule has 4 nitrogen and oxygen atoms in total. The minimum atomic E-state index is 0.0356. The number of carbonyl (C=O) groups is 1. The van der Waals surface area contributed by atoms with Gasteiger partial charge in [0.1, 0.15) is 0 Å². The molecule has 0 aliphatic heterocycles. The van der Waals surface area contributed by atoms with Crippen LogP contribution in [0.4, 0.5) is 5.69 Å². The maximum Gasteiger partial charge on any atom is 0.225 e. The van der Waals surface area contributed by atoms with Crippen LogP contribution < -0.4 is 5.32 Å². The highest BCUT2D eigenvalue weighted by Gasteiger charge is 2.24. The van der Waals surface area contributed by atoms with E-state index in [1.807, 2.05) is 30.3 Å². The Hall–Kier alpha value is -1.39. The number of nitrogens with zero attached hydrogens (tertiary/aromatic N) is 1. The summed E-state index contributed by atoms with van der Waals surface area (Å²) in [5, 5.41) is 11.9. The molecule has 0 radical (unpaired) electrons. The van der Waals surface area contributed by atoms with Gasteiger partial charge in [0.15, 0.2) is 0 Å². The van der Waals surface area contributed by atoms with Crippen molar-refractivity contribution in [1.82, 2.24) is 4.90 Å². The number of carbonyl (C=O) groups excluding carboxylic acids is 1. The lowest BCUT2D eigenvalue weighted by Gasteiger charge is -2.37. The Balaban J connectivity index is 1.75. The van der Waals surface area contributed by atoms with E-state index in [1.54, 1.807) is 0 Å². The number of anilines is 1. The molecule has 0 unspecified atom stereocenters. The van der Waals surface area contributed by atoms with E-state index >= 15 is 0 Å². The Morgan fingerprint density at radius 3 is 2.58 bits per heavy atom. The molecule has 2 rings (SSSR count). The second-order valence-electron chi connectivity index (χ2n) is 5.01. The standard InChI is InChI=1S/C15H22N2O2/c18-12-11-17(14-7-4-8-14)10-9-15(19)16-13-5-2-1-3-6-13/h1-3,5-6,14,18H,4,7-12H2,(H,16,19). The summed E-state index contributed by atoms with van der Waals surface area (Å²) in [6.07, 6.45) is 4.13. The number of hydrogen-bond acceptors (Lipinski definition) is 3. The van der Waals surface area contributed by atoms with Crippen molar-refractivity contribution >= 4 is 11.6 Å². The van der Waals surface area contributed by atoms with Gasteiger partial charge in [-0.3, -0.25) is 9.69 Å². The molecule has 0 aromatic heterocycles. The molecular weight excluding hydrogens is 240 g/mol. The third-order valence-corrected chi connectivity index (χ3v) is 3.66. The molecule has 19 heavy (non-hydrogen) atoms. The molecule has 0 heterocycles. The van der Waals surface area contributed by atoms with Crippen LogP contribution in [0.2, 0.25) is 0 Å². The number of para-hydroxylation sites is 1. The van der Waals surface area contributed by atoms with Gasteiger partial charge in [0.25, 0.3) is 0 Å². The number of aliphatic hydroxyl groups excluding tert-OH is 1. The van der Waals surface area contributed by atoms with E-state index in [2.05, 4.69) is 10.2 Å². The summed E-state index contributed by atoms with van der Waals surface area (Å²) in [6, 6.07) is 10.1. The normalized spacial score (nSPS) is 15.3. The van der Waals surface area contributed by atoms with Gasteiger partial charge < -0.3 is 10.4 Å². The van der Waals surface area contributed by atoms with Crippen LogP contribution in [0.15, 0.2) is 30.3 Å². The first-order chi connectivity index (χ1) is 9.29. The van der Waals surface area contributed by atoms with Crippen molar-refractivity contribution in [3.8, 4) is 0 Å². The third kappa shape index (κ3) is 4.33. The minimum Gasteiger partial charge on any atom is -0.395 e. The summed E-state index contributed by atoms with van der Waals surface area (Å²) in [5.74, 6) is 0.0356. The van der Waals surface area contributed by atoms with Gasteiger partial charge in [0, 0.05) is 31.2 Å². The maximum atomic E-state index is 11.8. The summed E-state index contributed by atoms with van der Waals surface area (Å²) >= 11 is 0. The van der Waals surface area contributed by atoms with Gasteiger partial charge in [-0.05, 0) is 25.0 Å². The minimum absolute atomic E-state index is 0.0356. The first kappa shape index (κ1) is 14.0. The summed E-state index contributed by atoms with van der Waals surface area (Å²) in [7, 11) is 0. The molecule has 0 atom stereocenters. The molecule has 1 aromatic rings. The van der Waals surface area contributed by atoms with Crippen molar-refractivity contribution in [3.05, 3.63) is 30.3 Å². The topological polar surface area (TPSA) is 52.6 Å². The fourth-order valence-corrected chi connectivity index (χ4v) is 2.35. The van der Waals surface area contributed by atoms with Gasteiger partial charge in [-0.25, -0.2) is 0 Å². The summed E-state index contributed by atoms with van der Waals surface area (Å²) in [6.45, 7) is 1.56. The predicted octanol–water partition coefficient (Wildman–Crippen LogP) is 1.86. The fraction of sp³-hybridized carbons (Fsp3) is 0.533. The van der Waals surface area contributed by atoms with Crippen molar-refractivity contribution in [2.45, 2.75) is 31.7 Å². The molecule has 104 valence electrons. The van der Waals surface area contributed by atoms with E-state index in [9.17, 15) is 4.79 Å². The van der Waals surface area contributed by atoms with E-state index in [0.29, 0.717) is 19.0 Å². The van der Waals surface area contributed by atoms with Gasteiger partial charge >= 0.3 is 0 Å². The highest BCUT2D eigenvalue weighted by Crippen LogP contribution is 2.24. The maximum absolute atomic E-state index is 11.8. The first-order valence-corrected chi connectivity index (χ1v) is 6.99. The van der Waals surface area contributed by atoms with Crippen LogP contribution >= 0.6 is 0 Å². The van der Waals surface area contributed by atoms with E-state index in [4.69, 9.17) is 5.11 Å². The Morgan fingerprint density at radius 2 is 2.00 bits per heavy atom. The van der Waals surface area contributed by atoms with Gasteiger partial charge in [0.05, 0.1) is 6.61 Å². The van der Waals surface area contributed by atoms with E-state index in [1.165, 1.54) is 19.3 Å². The van der Waals surface area contributed by atoms with E-state index in [0.717, 1.165) is 12.2 Å². The zero-order valence-corrected chi connectivity index (χ0v) is 11.2. The first-order valence-electron chi connectivity index (χ1n) is 6.99. The largest absolute Gasteiger partial charge is 0.395 e. The number of rotatable bonds is 7. The second-order valence-corrected chi connectivity index (χ2v) is 5.01. The van der Waals surface area contributed by atoms with Crippen molar-refractivity contribution in [1.29, 1.82) is 0 Å². The lowest BCUT2D eigenvalue weighted by Crippen LogP contribution is -2.43. The van der Waals surface area contributed by atoms with Gasteiger partial charge in [-0.2, -0.15) is 0 Å². The van der Waals surface area contributed by atoms with Crippen LogP contribution in [-0.4, -0.2) is 41.7 Å². The highest BCUT2D eigenvalue weighted by atomic mass is 16.3. The SMILES string of the molecule is O=C(CCN(CCO)C1CCC1)Nc1ccccc1. The number of hydrogen-bond donors (Lipinski definition) is 2. The van der Waals surface area contributed by atoms with Gasteiger partial charge in [-0.1, -0.05) is 24.6 Å². The third-order valence-electron chi connectivity index (χ3n) is 3.66. The molecule has 1 aromatic carbocycles. The van der Waals surface area contributed by atoms with E-state index < -0.39 is 0 Å². The van der Waals surface area contributed by atoms with Crippen LogP contribution in [0, 0.1) is 0 Å². The molecule has 0 saturated heterocycles. The zero-order valence-electron chi connectivity index (χ0n) is 11.2. The van der Waals surface area contributed by atoms with E-state index in [-0.39, 0.29) is 12.5 Å². The van der Waals surface area contributed by atoms with Crippen LogP contribution in [0.5, 0.6) is 0 Å². The molecule has 0 spiro atoms. The van der Waals surface area contributed by atoms with Crippen LogP contribution in [0.25, 0.3) is 0 Å². The lowest BCUT2D eigenvalue weighted by molar-refractivity contribution is -0.116. The molecule has 1 amide bonds. The molecular formula is C15H22N2O2. The van der Waals surface area contributed by atoms with Crippen molar-refractivity contribution < 1.29 is 9.90 Å². The Morgan fingerprint density at radius 1 is 1.26 bits per heavy atom. The molecule has 1 saturated carbocycles. The number of aliphatic hydroxyl groups is 1. The number of amides is 1. The Kier molecular flexibility index (Phi) is 5.36. The summed E-state index contributed by atoms with van der Waals surface area (Å²) in [5.41, 5.74) is 0.838. The lowest BCUT2D eigenvalue weighted by atomic mass is 9.91. The predicted molar refractivity (Wildman–Crippen MR) is 76.0 cm³/mol. The van der Waals surface area contributed by atoms with Gasteiger partial charge in [0.2, 0.25) is 5.91 Å². The van der Waals surface area contributed by atoms with Crippen molar-refractivity contribution in [2.24, 2.45) is 0 Å².